The number of nitrogens with two attached hydrogens (primary N) is 1. The van der Waals surface area contributed by atoms with Gasteiger partial charge in [-0.15, -0.1) is 0 Å². The van der Waals surface area contributed by atoms with Crippen LogP contribution in [-0.2, 0) is 4.74 Å². The van der Waals surface area contributed by atoms with Crippen molar-refractivity contribution < 1.29 is 13.9 Å². The minimum atomic E-state index is -0.540. The normalized spacial score (nSPS) is 22.7. The SMILES string of the molecule is COC(=O)c1cc(N2CCCC(C)C2C)c(F)cc1N. The maximum absolute atomic E-state index is 14.2. The first-order valence-corrected chi connectivity index (χ1v) is 6.89. The van der Waals surface area contributed by atoms with Crippen molar-refractivity contribution in [1.82, 2.24) is 0 Å². The van der Waals surface area contributed by atoms with Crippen molar-refractivity contribution in [1.29, 1.82) is 0 Å². The molecule has 2 unspecified atom stereocenters. The summed E-state index contributed by atoms with van der Waals surface area (Å²) in [6.45, 7) is 5.03. The number of piperidine rings is 1. The zero-order chi connectivity index (χ0) is 14.9. The lowest BCUT2D eigenvalue weighted by molar-refractivity contribution is 0.0602. The van der Waals surface area contributed by atoms with Crippen molar-refractivity contribution >= 4 is 17.3 Å². The molecule has 1 aliphatic rings. The van der Waals surface area contributed by atoms with Gasteiger partial charge >= 0.3 is 5.97 Å². The Bertz CT molecular complexity index is 519. The van der Waals surface area contributed by atoms with Crippen molar-refractivity contribution in [3.63, 3.8) is 0 Å². The average Bonchev–Trinajstić information content (AvgIpc) is 2.42. The minimum Gasteiger partial charge on any atom is -0.465 e. The second kappa shape index (κ2) is 5.69. The highest BCUT2D eigenvalue weighted by atomic mass is 19.1. The summed E-state index contributed by atoms with van der Waals surface area (Å²) in [4.78, 5) is 13.7. The number of hydrogen-bond donors (Lipinski definition) is 1. The summed E-state index contributed by atoms with van der Waals surface area (Å²) in [5.41, 5.74) is 6.45. The molecular weight excluding hydrogens is 259 g/mol. The number of anilines is 2. The molecule has 1 aromatic rings. The van der Waals surface area contributed by atoms with Gasteiger partial charge in [0.05, 0.1) is 18.4 Å². The number of halogens is 1. The van der Waals surface area contributed by atoms with Gasteiger partial charge in [-0.3, -0.25) is 0 Å². The van der Waals surface area contributed by atoms with E-state index in [-0.39, 0.29) is 17.3 Å². The van der Waals surface area contributed by atoms with Gasteiger partial charge in [0.1, 0.15) is 5.82 Å². The smallest absolute Gasteiger partial charge is 0.340 e. The molecule has 2 atom stereocenters. The van der Waals surface area contributed by atoms with Crippen LogP contribution >= 0.6 is 0 Å². The lowest BCUT2D eigenvalue weighted by Crippen LogP contribution is -2.43. The van der Waals surface area contributed by atoms with Crippen LogP contribution in [0.4, 0.5) is 15.8 Å². The topological polar surface area (TPSA) is 55.6 Å². The van der Waals surface area contributed by atoms with Gasteiger partial charge in [-0.2, -0.15) is 0 Å². The van der Waals surface area contributed by atoms with Crippen molar-refractivity contribution in [2.45, 2.75) is 32.7 Å². The Morgan fingerprint density at radius 2 is 2.15 bits per heavy atom. The van der Waals surface area contributed by atoms with E-state index in [0.717, 1.165) is 19.4 Å². The molecule has 5 heteroatoms. The minimum absolute atomic E-state index is 0.107. The Hall–Kier alpha value is -1.78. The molecule has 0 amide bonds. The van der Waals surface area contributed by atoms with Crippen LogP contribution in [0.15, 0.2) is 12.1 Å². The van der Waals surface area contributed by atoms with Crippen molar-refractivity contribution in [2.75, 3.05) is 24.3 Å². The molecule has 0 aliphatic carbocycles. The van der Waals surface area contributed by atoms with E-state index in [1.807, 2.05) is 4.90 Å². The van der Waals surface area contributed by atoms with Crippen LogP contribution in [0.2, 0.25) is 0 Å². The Morgan fingerprint density at radius 1 is 1.45 bits per heavy atom. The Labute approximate surface area is 118 Å². The fourth-order valence-electron chi connectivity index (χ4n) is 2.76. The maximum Gasteiger partial charge on any atom is 0.340 e. The molecule has 0 bridgehead atoms. The second-order valence-electron chi connectivity index (χ2n) is 5.44. The number of ether oxygens (including phenoxy) is 1. The second-order valence-corrected chi connectivity index (χ2v) is 5.44. The van der Waals surface area contributed by atoms with Gasteiger partial charge in [0, 0.05) is 18.3 Å². The predicted molar refractivity (Wildman–Crippen MR) is 77.4 cm³/mol. The number of hydrogen-bond acceptors (Lipinski definition) is 4. The lowest BCUT2D eigenvalue weighted by atomic mass is 9.91. The number of methoxy groups -OCH3 is 1. The number of benzene rings is 1. The van der Waals surface area contributed by atoms with Crippen molar-refractivity contribution in [2.24, 2.45) is 5.92 Å². The van der Waals surface area contributed by atoms with E-state index in [1.54, 1.807) is 0 Å². The van der Waals surface area contributed by atoms with E-state index in [0.29, 0.717) is 11.6 Å². The molecule has 1 saturated heterocycles. The average molecular weight is 280 g/mol. The first kappa shape index (κ1) is 14.6. The van der Waals surface area contributed by atoms with E-state index in [1.165, 1.54) is 19.2 Å². The van der Waals surface area contributed by atoms with E-state index in [4.69, 9.17) is 5.73 Å². The van der Waals surface area contributed by atoms with Crippen LogP contribution in [0.3, 0.4) is 0 Å². The van der Waals surface area contributed by atoms with Gasteiger partial charge in [-0.1, -0.05) is 6.92 Å². The zero-order valence-electron chi connectivity index (χ0n) is 12.1. The number of carbonyl (C=O) groups excluding carboxylic acids is 1. The standard InChI is InChI=1S/C15H21FN2O2/c1-9-5-4-6-18(10(9)2)14-7-11(15(19)20-3)13(17)8-12(14)16/h7-10H,4-6,17H2,1-3H3. The summed E-state index contributed by atoms with van der Waals surface area (Å²) in [5.74, 6) is -0.445. The van der Waals surface area contributed by atoms with Crippen LogP contribution in [0.1, 0.15) is 37.0 Å². The quantitative estimate of drug-likeness (QED) is 0.668. The molecule has 0 saturated carbocycles. The molecule has 0 radical (unpaired) electrons. The molecule has 2 rings (SSSR count). The fourth-order valence-corrected chi connectivity index (χ4v) is 2.76. The molecule has 20 heavy (non-hydrogen) atoms. The number of nitrogen functional groups attached to an aromatic ring is 1. The third-order valence-corrected chi connectivity index (χ3v) is 4.21. The number of esters is 1. The maximum atomic E-state index is 14.2. The van der Waals surface area contributed by atoms with Crippen LogP contribution in [-0.4, -0.2) is 25.7 Å². The van der Waals surface area contributed by atoms with Crippen LogP contribution in [0, 0.1) is 11.7 Å². The third-order valence-electron chi connectivity index (χ3n) is 4.21. The van der Waals surface area contributed by atoms with Crippen LogP contribution < -0.4 is 10.6 Å². The van der Waals surface area contributed by atoms with Crippen LogP contribution in [0.25, 0.3) is 0 Å². The van der Waals surface area contributed by atoms with Crippen molar-refractivity contribution in [3.05, 3.63) is 23.5 Å². The highest BCUT2D eigenvalue weighted by Gasteiger charge is 2.28. The van der Waals surface area contributed by atoms with Crippen LogP contribution in [0.5, 0.6) is 0 Å². The monoisotopic (exact) mass is 280 g/mol. The van der Waals surface area contributed by atoms with Gasteiger partial charge in [0.2, 0.25) is 0 Å². The zero-order valence-corrected chi connectivity index (χ0v) is 12.1. The van der Waals surface area contributed by atoms with E-state index in [2.05, 4.69) is 18.6 Å². The Kier molecular flexibility index (Phi) is 4.16. The lowest BCUT2D eigenvalue weighted by Gasteiger charge is -2.40. The molecule has 1 heterocycles. The molecule has 0 spiro atoms. The highest BCUT2D eigenvalue weighted by Crippen LogP contribution is 2.32. The van der Waals surface area contributed by atoms with E-state index >= 15 is 0 Å². The van der Waals surface area contributed by atoms with Gasteiger partial charge < -0.3 is 15.4 Å². The fraction of sp³-hybridized carbons (Fsp3) is 0.533. The van der Waals surface area contributed by atoms with Gasteiger partial charge in [0.15, 0.2) is 0 Å². The first-order chi connectivity index (χ1) is 9.45. The Balaban J connectivity index is 2.43. The largest absolute Gasteiger partial charge is 0.465 e. The molecular formula is C15H21FN2O2. The summed E-state index contributed by atoms with van der Waals surface area (Å²) < 4.78 is 18.9. The summed E-state index contributed by atoms with van der Waals surface area (Å²) in [7, 11) is 1.29. The number of carbonyl (C=O) groups is 1. The summed E-state index contributed by atoms with van der Waals surface area (Å²) in [5, 5.41) is 0. The molecule has 1 aromatic carbocycles. The molecule has 1 aliphatic heterocycles. The predicted octanol–water partition coefficient (Wildman–Crippen LogP) is 2.82. The van der Waals surface area contributed by atoms with Gasteiger partial charge in [-0.05, 0) is 37.8 Å². The summed E-state index contributed by atoms with van der Waals surface area (Å²) in [6.07, 6.45) is 2.15. The van der Waals surface area contributed by atoms with Gasteiger partial charge in [0.25, 0.3) is 0 Å². The highest BCUT2D eigenvalue weighted by molar-refractivity contribution is 5.96. The summed E-state index contributed by atoms with van der Waals surface area (Å²) in [6, 6.07) is 2.94. The molecule has 0 aromatic heterocycles. The van der Waals surface area contributed by atoms with Gasteiger partial charge in [-0.25, -0.2) is 9.18 Å². The third kappa shape index (κ3) is 2.57. The number of nitrogens with zero attached hydrogens (tertiary/aromatic N) is 1. The summed E-state index contributed by atoms with van der Waals surface area (Å²) >= 11 is 0. The molecule has 2 N–H and O–H groups in total. The van der Waals surface area contributed by atoms with E-state index < -0.39 is 11.8 Å². The Morgan fingerprint density at radius 3 is 2.80 bits per heavy atom. The molecule has 1 fully saturated rings. The molecule has 110 valence electrons. The van der Waals surface area contributed by atoms with E-state index in [9.17, 15) is 9.18 Å². The number of rotatable bonds is 2. The first-order valence-electron chi connectivity index (χ1n) is 6.89. The molecule has 4 nitrogen and oxygen atoms in total. The van der Waals surface area contributed by atoms with Crippen molar-refractivity contribution in [3.8, 4) is 0 Å².